The molecule has 26 heavy (non-hydrogen) atoms. The number of ether oxygens (including phenoxy) is 1. The maximum absolute atomic E-state index is 12.1. The van der Waals surface area contributed by atoms with Crippen molar-refractivity contribution in [2.24, 2.45) is 0 Å². The standard InChI is InChI=1S/C20H19IN2O3/c1-3-23-19(24)17(22-20(23)25)11-15-8-9-18(16(21)10-15)26-12-14-6-4-13(2)5-7-14/h4-11H,3,12H2,1-2H3,(H,22,25)/b17-11+. The summed E-state index contributed by atoms with van der Waals surface area (Å²) in [5.74, 6) is 0.484. The average Bonchev–Trinajstić information content (AvgIpc) is 2.88. The Balaban J connectivity index is 1.71. The van der Waals surface area contributed by atoms with E-state index in [9.17, 15) is 9.59 Å². The third kappa shape index (κ3) is 4.07. The van der Waals surface area contributed by atoms with Crippen molar-refractivity contribution in [1.82, 2.24) is 10.2 Å². The lowest BCUT2D eigenvalue weighted by atomic mass is 10.1. The molecule has 1 N–H and O–H groups in total. The molecule has 2 aromatic carbocycles. The van der Waals surface area contributed by atoms with Crippen LogP contribution >= 0.6 is 22.6 Å². The first-order valence-corrected chi connectivity index (χ1v) is 9.38. The van der Waals surface area contributed by atoms with Crippen LogP contribution in [0, 0.1) is 10.5 Å². The van der Waals surface area contributed by atoms with Crippen LogP contribution in [0.15, 0.2) is 48.2 Å². The minimum atomic E-state index is -0.378. The largest absolute Gasteiger partial charge is 0.488 e. The van der Waals surface area contributed by atoms with Crippen molar-refractivity contribution in [1.29, 1.82) is 0 Å². The van der Waals surface area contributed by atoms with Crippen LogP contribution in [0.25, 0.3) is 6.08 Å². The SMILES string of the molecule is CCN1C(=O)N/C(=C/c2ccc(OCc3ccc(C)cc3)c(I)c2)C1=O. The van der Waals surface area contributed by atoms with Gasteiger partial charge in [0.1, 0.15) is 18.1 Å². The monoisotopic (exact) mass is 462 g/mol. The lowest BCUT2D eigenvalue weighted by molar-refractivity contribution is -0.122. The van der Waals surface area contributed by atoms with E-state index in [0.29, 0.717) is 18.8 Å². The number of amides is 3. The minimum absolute atomic E-state index is 0.293. The Kier molecular flexibility index (Phi) is 5.61. The Hall–Kier alpha value is -2.35. The Morgan fingerprint density at radius 2 is 1.88 bits per heavy atom. The second-order valence-electron chi connectivity index (χ2n) is 6.00. The zero-order chi connectivity index (χ0) is 18.7. The highest BCUT2D eigenvalue weighted by molar-refractivity contribution is 14.1. The van der Waals surface area contributed by atoms with E-state index < -0.39 is 0 Å². The molecule has 1 fully saturated rings. The fourth-order valence-corrected chi connectivity index (χ4v) is 3.29. The number of rotatable bonds is 5. The molecule has 1 saturated heterocycles. The Bertz CT molecular complexity index is 875. The lowest BCUT2D eigenvalue weighted by Crippen LogP contribution is -2.30. The van der Waals surface area contributed by atoms with Crippen molar-refractivity contribution in [3.05, 3.63) is 68.4 Å². The van der Waals surface area contributed by atoms with Crippen molar-refractivity contribution < 1.29 is 14.3 Å². The molecule has 0 spiro atoms. The third-order valence-corrected chi connectivity index (χ3v) is 4.90. The molecule has 3 rings (SSSR count). The zero-order valence-corrected chi connectivity index (χ0v) is 16.7. The van der Waals surface area contributed by atoms with E-state index in [1.807, 2.05) is 18.2 Å². The van der Waals surface area contributed by atoms with Gasteiger partial charge in [-0.2, -0.15) is 0 Å². The summed E-state index contributed by atoms with van der Waals surface area (Å²) in [6.45, 7) is 4.67. The maximum Gasteiger partial charge on any atom is 0.328 e. The number of hydrogen-bond acceptors (Lipinski definition) is 3. The molecule has 1 heterocycles. The number of halogens is 1. The Morgan fingerprint density at radius 3 is 2.50 bits per heavy atom. The van der Waals surface area contributed by atoms with Gasteiger partial charge in [0.15, 0.2) is 0 Å². The van der Waals surface area contributed by atoms with Crippen LogP contribution in [0.4, 0.5) is 4.79 Å². The van der Waals surface area contributed by atoms with Gasteiger partial charge < -0.3 is 10.1 Å². The van der Waals surface area contributed by atoms with Gasteiger partial charge in [-0.3, -0.25) is 9.69 Å². The molecular formula is C20H19IN2O3. The molecule has 134 valence electrons. The van der Waals surface area contributed by atoms with Crippen LogP contribution in [-0.2, 0) is 11.4 Å². The molecule has 2 aromatic rings. The minimum Gasteiger partial charge on any atom is -0.488 e. The summed E-state index contributed by atoms with van der Waals surface area (Å²) < 4.78 is 6.83. The summed E-state index contributed by atoms with van der Waals surface area (Å²) in [4.78, 5) is 25.0. The highest BCUT2D eigenvalue weighted by Crippen LogP contribution is 2.25. The summed E-state index contributed by atoms with van der Waals surface area (Å²) in [6, 6.07) is 13.5. The molecule has 0 bridgehead atoms. The number of hydrogen-bond donors (Lipinski definition) is 1. The number of aryl methyl sites for hydroxylation is 1. The predicted octanol–water partition coefficient (Wildman–Crippen LogP) is 4.09. The summed E-state index contributed by atoms with van der Waals surface area (Å²) in [5.41, 5.74) is 3.45. The molecular weight excluding hydrogens is 443 g/mol. The molecule has 0 aromatic heterocycles. The first-order valence-electron chi connectivity index (χ1n) is 8.30. The molecule has 0 saturated carbocycles. The van der Waals surface area contributed by atoms with Crippen molar-refractivity contribution in [2.75, 3.05) is 6.54 Å². The van der Waals surface area contributed by atoms with Crippen LogP contribution in [-0.4, -0.2) is 23.4 Å². The van der Waals surface area contributed by atoms with E-state index in [1.165, 1.54) is 10.5 Å². The quantitative estimate of drug-likeness (QED) is 0.414. The molecule has 1 aliphatic heterocycles. The number of likely N-dealkylation sites (N-methyl/N-ethyl adjacent to an activating group) is 1. The molecule has 0 aliphatic carbocycles. The van der Waals surface area contributed by atoms with E-state index in [4.69, 9.17) is 4.74 Å². The van der Waals surface area contributed by atoms with Gasteiger partial charge in [-0.25, -0.2) is 4.79 Å². The van der Waals surface area contributed by atoms with E-state index >= 15 is 0 Å². The van der Waals surface area contributed by atoms with Gasteiger partial charge >= 0.3 is 6.03 Å². The number of imide groups is 1. The molecule has 6 heteroatoms. The second kappa shape index (κ2) is 7.90. The smallest absolute Gasteiger partial charge is 0.328 e. The predicted molar refractivity (Wildman–Crippen MR) is 109 cm³/mol. The van der Waals surface area contributed by atoms with E-state index in [-0.39, 0.29) is 11.9 Å². The lowest BCUT2D eigenvalue weighted by Gasteiger charge is -2.09. The van der Waals surface area contributed by atoms with Crippen molar-refractivity contribution in [2.45, 2.75) is 20.5 Å². The van der Waals surface area contributed by atoms with Gasteiger partial charge in [0.2, 0.25) is 0 Å². The number of nitrogens with zero attached hydrogens (tertiary/aromatic N) is 1. The maximum atomic E-state index is 12.1. The average molecular weight is 462 g/mol. The topological polar surface area (TPSA) is 58.6 Å². The Morgan fingerprint density at radius 1 is 1.15 bits per heavy atom. The summed E-state index contributed by atoms with van der Waals surface area (Å²) in [6.07, 6.45) is 1.68. The number of urea groups is 1. The van der Waals surface area contributed by atoms with Gasteiger partial charge in [-0.1, -0.05) is 35.9 Å². The Labute approximate surface area is 166 Å². The van der Waals surface area contributed by atoms with Gasteiger partial charge in [-0.05, 0) is 65.8 Å². The third-order valence-electron chi connectivity index (χ3n) is 4.06. The van der Waals surface area contributed by atoms with E-state index in [2.05, 4.69) is 59.1 Å². The number of carbonyl (C=O) groups is 2. The van der Waals surface area contributed by atoms with Crippen molar-refractivity contribution in [3.63, 3.8) is 0 Å². The summed E-state index contributed by atoms with van der Waals surface area (Å²) >= 11 is 2.20. The fraction of sp³-hybridized carbons (Fsp3) is 0.200. The number of nitrogens with one attached hydrogen (secondary N) is 1. The van der Waals surface area contributed by atoms with Crippen molar-refractivity contribution >= 4 is 40.6 Å². The van der Waals surface area contributed by atoms with Crippen LogP contribution in [0.5, 0.6) is 5.75 Å². The molecule has 0 atom stereocenters. The second-order valence-corrected chi connectivity index (χ2v) is 7.16. The molecule has 0 unspecified atom stereocenters. The molecule has 0 radical (unpaired) electrons. The van der Waals surface area contributed by atoms with Crippen LogP contribution in [0.1, 0.15) is 23.6 Å². The van der Waals surface area contributed by atoms with Gasteiger partial charge in [-0.15, -0.1) is 0 Å². The van der Waals surface area contributed by atoms with Gasteiger partial charge in [0, 0.05) is 6.54 Å². The molecule has 1 aliphatic rings. The normalized spacial score (nSPS) is 15.5. The van der Waals surface area contributed by atoms with E-state index in [1.54, 1.807) is 13.0 Å². The summed E-state index contributed by atoms with van der Waals surface area (Å²) in [5, 5.41) is 2.60. The number of benzene rings is 2. The van der Waals surface area contributed by atoms with Crippen LogP contribution in [0.3, 0.4) is 0 Å². The van der Waals surface area contributed by atoms with Gasteiger partial charge in [0.05, 0.1) is 3.57 Å². The summed E-state index contributed by atoms with van der Waals surface area (Å²) in [7, 11) is 0. The van der Waals surface area contributed by atoms with Gasteiger partial charge in [0.25, 0.3) is 5.91 Å². The molecule has 5 nitrogen and oxygen atoms in total. The molecule has 3 amide bonds. The highest BCUT2D eigenvalue weighted by Gasteiger charge is 2.31. The highest BCUT2D eigenvalue weighted by atomic mass is 127. The zero-order valence-electron chi connectivity index (χ0n) is 14.6. The van der Waals surface area contributed by atoms with Crippen LogP contribution < -0.4 is 10.1 Å². The fourth-order valence-electron chi connectivity index (χ4n) is 2.59. The first-order chi connectivity index (χ1) is 12.5. The van der Waals surface area contributed by atoms with Crippen molar-refractivity contribution in [3.8, 4) is 5.75 Å². The number of carbonyl (C=O) groups excluding carboxylic acids is 2. The van der Waals surface area contributed by atoms with Crippen LogP contribution in [0.2, 0.25) is 0 Å². The van der Waals surface area contributed by atoms with E-state index in [0.717, 1.165) is 20.4 Å². The first kappa shape index (κ1) is 18.4.